The van der Waals surface area contributed by atoms with Gasteiger partial charge in [0.2, 0.25) is 0 Å². The summed E-state index contributed by atoms with van der Waals surface area (Å²) in [6.45, 7) is 7.29. The molecule has 0 saturated heterocycles. The molecule has 120 valence electrons. The number of nitrogens with one attached hydrogen (secondary N) is 1. The minimum atomic E-state index is -0.632. The highest BCUT2D eigenvalue weighted by molar-refractivity contribution is 14.0. The van der Waals surface area contributed by atoms with Gasteiger partial charge in [-0.1, -0.05) is 31.5 Å². The number of benzene rings is 1. The highest BCUT2D eigenvalue weighted by atomic mass is 127. The molecule has 21 heavy (non-hydrogen) atoms. The van der Waals surface area contributed by atoms with E-state index in [0.717, 1.165) is 5.69 Å². The van der Waals surface area contributed by atoms with Crippen molar-refractivity contribution >= 4 is 35.6 Å². The normalized spacial score (nSPS) is 12.9. The molecule has 1 rings (SSSR count). The number of rotatable bonds is 7. The van der Waals surface area contributed by atoms with Crippen LogP contribution in [0.2, 0.25) is 0 Å². The van der Waals surface area contributed by atoms with Gasteiger partial charge < -0.3 is 20.9 Å². The van der Waals surface area contributed by atoms with Crippen molar-refractivity contribution in [2.45, 2.75) is 26.9 Å². The second-order valence-electron chi connectivity index (χ2n) is 5.30. The van der Waals surface area contributed by atoms with E-state index < -0.39 is 6.10 Å². The molecule has 1 aromatic carbocycles. The van der Waals surface area contributed by atoms with Crippen LogP contribution in [0.25, 0.3) is 0 Å². The van der Waals surface area contributed by atoms with E-state index in [1.807, 2.05) is 31.2 Å². The Labute approximate surface area is 144 Å². The van der Waals surface area contributed by atoms with Gasteiger partial charge in [0.05, 0.1) is 19.3 Å². The average Bonchev–Trinajstić information content (AvgIpc) is 2.39. The molecule has 0 aliphatic heterocycles. The van der Waals surface area contributed by atoms with Crippen LogP contribution < -0.4 is 11.1 Å². The first kappa shape index (κ1) is 20.1. The second-order valence-corrected chi connectivity index (χ2v) is 5.30. The molecule has 0 heterocycles. The molecule has 0 bridgehead atoms. The molecule has 0 aliphatic carbocycles. The third-order valence-electron chi connectivity index (χ3n) is 2.56. The molecule has 1 aromatic rings. The molecule has 1 atom stereocenters. The van der Waals surface area contributed by atoms with E-state index >= 15 is 0 Å². The van der Waals surface area contributed by atoms with Gasteiger partial charge in [0.25, 0.3) is 0 Å². The van der Waals surface area contributed by atoms with E-state index in [1.165, 1.54) is 5.56 Å². The Kier molecular flexibility index (Phi) is 10.4. The molecule has 0 saturated carbocycles. The largest absolute Gasteiger partial charge is 0.389 e. The number of aryl methyl sites for hydroxylation is 1. The lowest BCUT2D eigenvalue weighted by Crippen LogP contribution is -2.26. The third kappa shape index (κ3) is 9.65. The molecular weight excluding hydrogens is 381 g/mol. The molecule has 0 fully saturated rings. The summed E-state index contributed by atoms with van der Waals surface area (Å²) >= 11 is 0. The summed E-state index contributed by atoms with van der Waals surface area (Å²) in [7, 11) is 0. The first-order valence-electron chi connectivity index (χ1n) is 6.86. The van der Waals surface area contributed by atoms with Crippen molar-refractivity contribution in [3.05, 3.63) is 29.8 Å². The molecule has 0 amide bonds. The Morgan fingerprint density at radius 1 is 1.29 bits per heavy atom. The van der Waals surface area contributed by atoms with Crippen molar-refractivity contribution in [2.75, 3.05) is 25.1 Å². The monoisotopic (exact) mass is 407 g/mol. The van der Waals surface area contributed by atoms with Crippen LogP contribution >= 0.6 is 24.0 Å². The zero-order valence-electron chi connectivity index (χ0n) is 12.9. The van der Waals surface area contributed by atoms with E-state index in [1.54, 1.807) is 0 Å². The topological polar surface area (TPSA) is 79.9 Å². The SMILES string of the molecule is Cc1ccc(NC(N)=NCC(O)COCC(C)C)cc1.I. The number of aliphatic hydroxyl groups is 1. The predicted octanol–water partition coefficient (Wildman–Crippen LogP) is 2.37. The summed E-state index contributed by atoms with van der Waals surface area (Å²) < 4.78 is 5.34. The van der Waals surface area contributed by atoms with E-state index in [0.29, 0.717) is 12.5 Å². The molecule has 0 spiro atoms. The number of ether oxygens (including phenoxy) is 1. The van der Waals surface area contributed by atoms with Crippen LogP contribution in [0, 0.1) is 12.8 Å². The van der Waals surface area contributed by atoms with Crippen molar-refractivity contribution in [2.24, 2.45) is 16.6 Å². The number of aliphatic hydroxyl groups excluding tert-OH is 1. The number of nitrogens with two attached hydrogens (primary N) is 1. The van der Waals surface area contributed by atoms with Crippen LogP contribution in [0.4, 0.5) is 5.69 Å². The minimum Gasteiger partial charge on any atom is -0.389 e. The van der Waals surface area contributed by atoms with E-state index in [9.17, 15) is 5.11 Å². The van der Waals surface area contributed by atoms with Crippen molar-refractivity contribution in [1.29, 1.82) is 0 Å². The van der Waals surface area contributed by atoms with Crippen LogP contribution in [0.3, 0.4) is 0 Å². The van der Waals surface area contributed by atoms with Gasteiger partial charge in [0.1, 0.15) is 0 Å². The van der Waals surface area contributed by atoms with E-state index in [-0.39, 0.29) is 43.1 Å². The highest BCUT2D eigenvalue weighted by Gasteiger charge is 2.04. The van der Waals surface area contributed by atoms with Gasteiger partial charge in [0.15, 0.2) is 5.96 Å². The fourth-order valence-electron chi connectivity index (χ4n) is 1.52. The van der Waals surface area contributed by atoms with Crippen LogP contribution in [-0.4, -0.2) is 36.9 Å². The Balaban J connectivity index is 0.00000400. The minimum absolute atomic E-state index is 0. The fraction of sp³-hybridized carbons (Fsp3) is 0.533. The smallest absolute Gasteiger partial charge is 0.193 e. The van der Waals surface area contributed by atoms with Gasteiger partial charge in [-0.2, -0.15) is 0 Å². The first-order valence-corrected chi connectivity index (χ1v) is 6.86. The Morgan fingerprint density at radius 3 is 2.48 bits per heavy atom. The number of aliphatic imine (C=N–C) groups is 1. The Hall–Kier alpha value is -0.860. The maximum absolute atomic E-state index is 9.70. The lowest BCUT2D eigenvalue weighted by Gasteiger charge is -2.11. The first-order chi connectivity index (χ1) is 9.47. The number of halogens is 1. The summed E-state index contributed by atoms with van der Waals surface area (Å²) in [5.74, 6) is 0.746. The quantitative estimate of drug-likeness (QED) is 0.368. The lowest BCUT2D eigenvalue weighted by atomic mass is 10.2. The average molecular weight is 407 g/mol. The zero-order valence-corrected chi connectivity index (χ0v) is 15.2. The van der Waals surface area contributed by atoms with Gasteiger partial charge in [0, 0.05) is 12.3 Å². The maximum atomic E-state index is 9.70. The van der Waals surface area contributed by atoms with Crippen LogP contribution in [0.5, 0.6) is 0 Å². The molecular formula is C15H26IN3O2. The Bertz CT molecular complexity index is 421. The van der Waals surface area contributed by atoms with Crippen molar-refractivity contribution in [3.8, 4) is 0 Å². The molecule has 1 unspecified atom stereocenters. The number of guanidine groups is 1. The predicted molar refractivity (Wildman–Crippen MR) is 98.4 cm³/mol. The highest BCUT2D eigenvalue weighted by Crippen LogP contribution is 2.07. The van der Waals surface area contributed by atoms with Gasteiger partial charge in [-0.25, -0.2) is 0 Å². The number of nitrogens with zero attached hydrogens (tertiary/aromatic N) is 1. The summed E-state index contributed by atoms with van der Waals surface area (Å²) in [4.78, 5) is 4.09. The van der Waals surface area contributed by atoms with E-state index in [2.05, 4.69) is 24.2 Å². The number of hydrogen-bond donors (Lipinski definition) is 3. The maximum Gasteiger partial charge on any atom is 0.193 e. The molecule has 0 radical (unpaired) electrons. The number of anilines is 1. The molecule has 4 N–H and O–H groups in total. The lowest BCUT2D eigenvalue weighted by molar-refractivity contribution is 0.0302. The van der Waals surface area contributed by atoms with Crippen LogP contribution in [0.1, 0.15) is 19.4 Å². The molecule has 6 heteroatoms. The van der Waals surface area contributed by atoms with Gasteiger partial charge in [-0.3, -0.25) is 4.99 Å². The number of hydrogen-bond acceptors (Lipinski definition) is 3. The summed E-state index contributed by atoms with van der Waals surface area (Å²) in [6, 6.07) is 7.84. The van der Waals surface area contributed by atoms with Crippen molar-refractivity contribution < 1.29 is 9.84 Å². The third-order valence-corrected chi connectivity index (χ3v) is 2.56. The summed E-state index contributed by atoms with van der Waals surface area (Å²) in [5.41, 5.74) is 7.82. The standard InChI is InChI=1S/C15H25N3O2.HI/c1-11(2)9-20-10-14(19)8-17-15(16)18-13-6-4-12(3)5-7-13;/h4-7,11,14,19H,8-10H2,1-3H3,(H3,16,17,18);1H. The molecule has 0 aliphatic rings. The summed E-state index contributed by atoms with van der Waals surface area (Å²) in [5, 5.41) is 12.7. The van der Waals surface area contributed by atoms with Gasteiger partial charge >= 0.3 is 0 Å². The van der Waals surface area contributed by atoms with Crippen molar-refractivity contribution in [1.82, 2.24) is 0 Å². The summed E-state index contributed by atoms with van der Waals surface area (Å²) in [6.07, 6.45) is -0.632. The van der Waals surface area contributed by atoms with Crippen molar-refractivity contribution in [3.63, 3.8) is 0 Å². The second kappa shape index (κ2) is 10.8. The van der Waals surface area contributed by atoms with Crippen LogP contribution in [0.15, 0.2) is 29.3 Å². The van der Waals surface area contributed by atoms with Gasteiger partial charge in [-0.15, -0.1) is 24.0 Å². The fourth-order valence-corrected chi connectivity index (χ4v) is 1.52. The van der Waals surface area contributed by atoms with E-state index in [4.69, 9.17) is 10.5 Å². The zero-order chi connectivity index (χ0) is 15.0. The van der Waals surface area contributed by atoms with Gasteiger partial charge in [-0.05, 0) is 25.0 Å². The molecule has 0 aromatic heterocycles. The Morgan fingerprint density at radius 2 is 1.90 bits per heavy atom. The molecule has 5 nitrogen and oxygen atoms in total. The van der Waals surface area contributed by atoms with Crippen LogP contribution in [-0.2, 0) is 4.74 Å².